The summed E-state index contributed by atoms with van der Waals surface area (Å²) < 4.78 is 1.54. The van der Waals surface area contributed by atoms with Gasteiger partial charge in [0.05, 0.1) is 17.8 Å². The van der Waals surface area contributed by atoms with Gasteiger partial charge < -0.3 is 5.32 Å². The lowest BCUT2D eigenvalue weighted by atomic mass is 9.97. The molecule has 136 valence electrons. The first kappa shape index (κ1) is 16.9. The molecule has 0 aliphatic heterocycles. The van der Waals surface area contributed by atoms with Gasteiger partial charge in [-0.25, -0.2) is 9.97 Å². The smallest absolute Gasteiger partial charge is 0.262 e. The van der Waals surface area contributed by atoms with Crippen molar-refractivity contribution in [1.29, 1.82) is 0 Å². The Morgan fingerprint density at radius 3 is 3.04 bits per heavy atom. The van der Waals surface area contributed by atoms with Crippen LogP contribution >= 0.6 is 11.3 Å². The number of nitrogens with zero attached hydrogens (tertiary/aromatic N) is 4. The number of carbonyl (C=O) groups excluding carboxylic acids is 1. The van der Waals surface area contributed by atoms with Gasteiger partial charge in [0, 0.05) is 17.8 Å². The maximum absolute atomic E-state index is 12.9. The molecule has 0 saturated carbocycles. The lowest BCUT2D eigenvalue weighted by Gasteiger charge is -2.12. The molecule has 9 heteroatoms. The summed E-state index contributed by atoms with van der Waals surface area (Å²) in [4.78, 5) is 35.6. The van der Waals surface area contributed by atoms with Crippen molar-refractivity contribution in [2.45, 2.75) is 51.6 Å². The predicted octanol–water partition coefficient (Wildman–Crippen LogP) is 1.72. The highest BCUT2D eigenvalue weighted by molar-refractivity contribution is 7.18. The zero-order valence-corrected chi connectivity index (χ0v) is 15.3. The molecule has 3 aromatic rings. The van der Waals surface area contributed by atoms with Crippen molar-refractivity contribution in [3.63, 3.8) is 0 Å². The molecule has 26 heavy (non-hydrogen) atoms. The number of rotatable bonds is 5. The van der Waals surface area contributed by atoms with Crippen LogP contribution < -0.4 is 10.9 Å². The second-order valence-corrected chi connectivity index (χ2v) is 7.63. The number of nitrogens with one attached hydrogen (secondary N) is 2. The Hall–Kier alpha value is -2.55. The number of amides is 1. The van der Waals surface area contributed by atoms with Gasteiger partial charge in [-0.3, -0.25) is 19.3 Å². The van der Waals surface area contributed by atoms with E-state index in [-0.39, 0.29) is 23.9 Å². The largest absolute Gasteiger partial charge is 0.346 e. The Morgan fingerprint density at radius 1 is 1.38 bits per heavy atom. The van der Waals surface area contributed by atoms with Gasteiger partial charge in [-0.15, -0.1) is 11.3 Å². The average molecular weight is 372 g/mol. The first-order valence-corrected chi connectivity index (χ1v) is 9.59. The Labute approximate surface area is 153 Å². The van der Waals surface area contributed by atoms with Crippen LogP contribution in [0.3, 0.4) is 0 Å². The third kappa shape index (κ3) is 3.14. The molecular formula is C17H20N6O2S. The van der Waals surface area contributed by atoms with Crippen LogP contribution in [0.2, 0.25) is 0 Å². The quantitative estimate of drug-likeness (QED) is 0.709. The van der Waals surface area contributed by atoms with Gasteiger partial charge in [-0.05, 0) is 38.2 Å². The van der Waals surface area contributed by atoms with E-state index in [1.54, 1.807) is 22.2 Å². The molecule has 0 fully saturated rings. The van der Waals surface area contributed by atoms with Crippen molar-refractivity contribution < 1.29 is 4.79 Å². The van der Waals surface area contributed by atoms with E-state index in [9.17, 15) is 9.59 Å². The minimum atomic E-state index is -0.258. The van der Waals surface area contributed by atoms with Gasteiger partial charge in [-0.2, -0.15) is 5.10 Å². The summed E-state index contributed by atoms with van der Waals surface area (Å²) in [6.07, 6.45) is 7.45. The topological polar surface area (TPSA) is 106 Å². The summed E-state index contributed by atoms with van der Waals surface area (Å²) >= 11 is 1.63. The zero-order valence-electron chi connectivity index (χ0n) is 14.5. The maximum Gasteiger partial charge on any atom is 0.262 e. The van der Waals surface area contributed by atoms with Crippen LogP contribution in [0, 0.1) is 0 Å². The van der Waals surface area contributed by atoms with Gasteiger partial charge in [0.15, 0.2) is 0 Å². The number of aryl methyl sites for hydroxylation is 3. The molecule has 4 rings (SSSR count). The molecule has 0 aromatic carbocycles. The second kappa shape index (κ2) is 6.99. The van der Waals surface area contributed by atoms with Crippen LogP contribution in [0.1, 0.15) is 48.5 Å². The van der Waals surface area contributed by atoms with Crippen molar-refractivity contribution in [3.05, 3.63) is 39.3 Å². The van der Waals surface area contributed by atoms with Crippen LogP contribution in [-0.2, 0) is 24.2 Å². The van der Waals surface area contributed by atoms with Crippen molar-refractivity contribution in [1.82, 2.24) is 30.0 Å². The highest BCUT2D eigenvalue weighted by Crippen LogP contribution is 2.33. The number of H-pyrrole nitrogens is 1. The van der Waals surface area contributed by atoms with Crippen LogP contribution in [0.4, 0.5) is 0 Å². The first-order chi connectivity index (χ1) is 12.6. The zero-order chi connectivity index (χ0) is 18.1. The molecule has 0 radical (unpaired) electrons. The van der Waals surface area contributed by atoms with Crippen LogP contribution in [0.15, 0.2) is 17.4 Å². The molecule has 0 bridgehead atoms. The van der Waals surface area contributed by atoms with Gasteiger partial charge in [-0.1, -0.05) is 0 Å². The summed E-state index contributed by atoms with van der Waals surface area (Å²) in [5.41, 5.74) is 1.14. The normalized spacial score (nSPS) is 15.0. The SMILES string of the molecule is C[C@@H](NC(=O)CCn1cnc2sc3c(c2c1=O)CCCC3)c1ncn[nH]1. The number of hydrogen-bond donors (Lipinski definition) is 2. The molecular weight excluding hydrogens is 352 g/mol. The van der Waals surface area contributed by atoms with Gasteiger partial charge in [0.1, 0.15) is 17.0 Å². The number of aromatic amines is 1. The first-order valence-electron chi connectivity index (χ1n) is 8.78. The van der Waals surface area contributed by atoms with E-state index < -0.39 is 0 Å². The lowest BCUT2D eigenvalue weighted by Crippen LogP contribution is -2.30. The van der Waals surface area contributed by atoms with Gasteiger partial charge in [0.25, 0.3) is 5.56 Å². The highest BCUT2D eigenvalue weighted by Gasteiger charge is 2.20. The Kier molecular flexibility index (Phi) is 4.54. The molecule has 2 N–H and O–H groups in total. The molecule has 1 aliphatic rings. The van der Waals surface area contributed by atoms with Crippen LogP contribution in [0.25, 0.3) is 10.2 Å². The summed E-state index contributed by atoms with van der Waals surface area (Å²) in [6, 6.07) is -0.258. The predicted molar refractivity (Wildman–Crippen MR) is 98.1 cm³/mol. The van der Waals surface area contributed by atoms with Crippen molar-refractivity contribution in [2.75, 3.05) is 0 Å². The monoisotopic (exact) mass is 372 g/mol. The van der Waals surface area contributed by atoms with Crippen molar-refractivity contribution >= 4 is 27.5 Å². The Morgan fingerprint density at radius 2 is 2.23 bits per heavy atom. The fourth-order valence-corrected chi connectivity index (χ4v) is 4.59. The molecule has 0 unspecified atom stereocenters. The third-order valence-electron chi connectivity index (χ3n) is 4.74. The van der Waals surface area contributed by atoms with Gasteiger partial charge in [0.2, 0.25) is 5.91 Å². The highest BCUT2D eigenvalue weighted by atomic mass is 32.1. The fourth-order valence-electron chi connectivity index (χ4n) is 3.37. The number of hydrogen-bond acceptors (Lipinski definition) is 6. The fraction of sp³-hybridized carbons (Fsp3) is 0.471. The van der Waals surface area contributed by atoms with E-state index >= 15 is 0 Å². The van der Waals surface area contributed by atoms with E-state index in [0.717, 1.165) is 29.5 Å². The third-order valence-corrected chi connectivity index (χ3v) is 5.94. The number of fused-ring (bicyclic) bond motifs is 3. The Balaban J connectivity index is 1.48. The summed E-state index contributed by atoms with van der Waals surface area (Å²) in [5, 5.41) is 10.1. The Bertz CT molecular complexity index is 991. The molecule has 8 nitrogen and oxygen atoms in total. The van der Waals surface area contributed by atoms with E-state index in [1.165, 1.54) is 23.2 Å². The maximum atomic E-state index is 12.9. The molecule has 1 atom stereocenters. The summed E-state index contributed by atoms with van der Waals surface area (Å²) in [6.45, 7) is 2.14. The second-order valence-electron chi connectivity index (χ2n) is 6.54. The minimum absolute atomic E-state index is 0.0366. The minimum Gasteiger partial charge on any atom is -0.346 e. The summed E-state index contributed by atoms with van der Waals surface area (Å²) in [7, 11) is 0. The van der Waals surface area contributed by atoms with Crippen molar-refractivity contribution in [2.24, 2.45) is 0 Å². The molecule has 3 aromatic heterocycles. The lowest BCUT2D eigenvalue weighted by molar-refractivity contribution is -0.122. The van der Waals surface area contributed by atoms with E-state index in [4.69, 9.17) is 0 Å². The summed E-state index contributed by atoms with van der Waals surface area (Å²) in [5.74, 6) is 0.455. The van der Waals surface area contributed by atoms with Crippen LogP contribution in [0.5, 0.6) is 0 Å². The van der Waals surface area contributed by atoms with Gasteiger partial charge >= 0.3 is 0 Å². The van der Waals surface area contributed by atoms with E-state index in [1.807, 2.05) is 6.92 Å². The molecule has 0 saturated heterocycles. The molecule has 1 amide bonds. The number of carbonyl (C=O) groups is 1. The van der Waals surface area contributed by atoms with Crippen LogP contribution in [-0.4, -0.2) is 30.6 Å². The molecule has 3 heterocycles. The number of aromatic nitrogens is 5. The van der Waals surface area contributed by atoms with E-state index in [0.29, 0.717) is 12.4 Å². The molecule has 1 aliphatic carbocycles. The number of thiophene rings is 1. The molecule has 0 spiro atoms. The standard InChI is InChI=1S/C17H20N6O2S/c1-10(15-18-8-20-22-15)21-13(24)6-7-23-9-19-16-14(17(23)25)11-4-2-3-5-12(11)26-16/h8-10H,2-7H2,1H3,(H,21,24)(H,18,20,22)/t10-/m1/s1. The average Bonchev–Trinajstić information content (AvgIpc) is 3.29. The van der Waals surface area contributed by atoms with Crippen molar-refractivity contribution in [3.8, 4) is 0 Å². The van der Waals surface area contributed by atoms with E-state index in [2.05, 4.69) is 25.5 Å².